The molecule has 3 aromatic rings. The van der Waals surface area contributed by atoms with Gasteiger partial charge in [-0.25, -0.2) is 9.19 Å². The topological polar surface area (TPSA) is 86.3 Å². The molecule has 124 valence electrons. The van der Waals surface area contributed by atoms with Crippen molar-refractivity contribution in [3.05, 3.63) is 64.6 Å². The summed E-state index contributed by atoms with van der Waals surface area (Å²) in [6, 6.07) is 12.7. The lowest BCUT2D eigenvalue weighted by Gasteiger charge is -2.20. The van der Waals surface area contributed by atoms with Gasteiger partial charge in [-0.1, -0.05) is 24.3 Å². The minimum Gasteiger partial charge on any atom is -0.307 e. The first-order valence-corrected chi connectivity index (χ1v) is 8.46. The highest BCUT2D eigenvalue weighted by Crippen LogP contribution is 2.28. The minimum absolute atomic E-state index is 0.184. The molecule has 0 aliphatic rings. The van der Waals surface area contributed by atoms with Crippen LogP contribution in [-0.2, 0) is 11.3 Å². The molecule has 0 aliphatic carbocycles. The van der Waals surface area contributed by atoms with Crippen molar-refractivity contribution >= 4 is 22.3 Å². The molecule has 0 spiro atoms. The van der Waals surface area contributed by atoms with Crippen molar-refractivity contribution in [3.8, 4) is 11.1 Å². The van der Waals surface area contributed by atoms with Crippen LogP contribution in [0.3, 0.4) is 0 Å². The van der Waals surface area contributed by atoms with Gasteiger partial charge < -0.3 is 4.98 Å². The highest BCUT2D eigenvalue weighted by atomic mass is 32.2. The maximum absolute atomic E-state index is 11.4. The van der Waals surface area contributed by atoms with E-state index in [9.17, 15) is 13.6 Å². The summed E-state index contributed by atoms with van der Waals surface area (Å²) in [6.07, 6.45) is 1.66. The fourth-order valence-electron chi connectivity index (χ4n) is 2.60. The lowest BCUT2D eigenvalue weighted by molar-refractivity contribution is 0.385. The Bertz CT molecular complexity index is 953. The Balaban J connectivity index is 2.00. The summed E-state index contributed by atoms with van der Waals surface area (Å²) >= 11 is -2.01. The van der Waals surface area contributed by atoms with E-state index in [4.69, 9.17) is 0 Å². The van der Waals surface area contributed by atoms with Crippen molar-refractivity contribution in [3.63, 3.8) is 0 Å². The summed E-state index contributed by atoms with van der Waals surface area (Å²) < 4.78 is 21.7. The molecule has 0 fully saturated rings. The summed E-state index contributed by atoms with van der Waals surface area (Å²) in [6.45, 7) is 1.87. The first-order chi connectivity index (χ1) is 11.5. The number of nitrogens with zero attached hydrogens (tertiary/aromatic N) is 2. The van der Waals surface area contributed by atoms with Crippen LogP contribution >= 0.6 is 0 Å². The number of aromatic amines is 1. The molecule has 2 heterocycles. The molecule has 0 amide bonds. The second-order valence-corrected chi connectivity index (χ2v) is 6.56. The smallest absolute Gasteiger partial charge is 0.249 e. The molecule has 2 atom stereocenters. The van der Waals surface area contributed by atoms with Crippen LogP contribution in [0, 0.1) is 0 Å². The van der Waals surface area contributed by atoms with E-state index < -0.39 is 11.3 Å². The van der Waals surface area contributed by atoms with Crippen LogP contribution in [0.1, 0.15) is 18.5 Å². The van der Waals surface area contributed by atoms with Crippen LogP contribution in [0.4, 0.5) is 0 Å². The van der Waals surface area contributed by atoms with Gasteiger partial charge in [0.2, 0.25) is 16.8 Å². The number of hydrogen-bond donors (Lipinski definition) is 2. The second kappa shape index (κ2) is 6.64. The van der Waals surface area contributed by atoms with E-state index in [-0.39, 0.29) is 11.6 Å². The van der Waals surface area contributed by atoms with Gasteiger partial charge >= 0.3 is 0 Å². The zero-order valence-corrected chi connectivity index (χ0v) is 14.1. The Labute approximate surface area is 141 Å². The van der Waals surface area contributed by atoms with Gasteiger partial charge in [-0.3, -0.25) is 9.35 Å². The third-order valence-corrected chi connectivity index (χ3v) is 4.94. The van der Waals surface area contributed by atoms with E-state index in [2.05, 4.69) is 9.97 Å². The predicted molar refractivity (Wildman–Crippen MR) is 94.7 cm³/mol. The lowest BCUT2D eigenvalue weighted by Crippen LogP contribution is -2.24. The summed E-state index contributed by atoms with van der Waals surface area (Å²) in [4.78, 5) is 18.3. The number of H-pyrrole nitrogens is 1. The molecule has 1 aromatic carbocycles. The molecule has 7 heteroatoms. The lowest BCUT2D eigenvalue weighted by atomic mass is 10.00. The standard InChI is InChI=1S/C17H17N3O3S/c1-11(20(2)24(22)23)12-3-5-13(6-4-12)14-9-10-18-17-15(14)7-8-16(21)19-17/h3-11H,1-2H3,(H,22,23)(H,18,19,21)/t11-/m0/s1. The van der Waals surface area contributed by atoms with E-state index in [1.165, 1.54) is 10.4 Å². The average molecular weight is 343 g/mol. The highest BCUT2D eigenvalue weighted by molar-refractivity contribution is 7.76. The van der Waals surface area contributed by atoms with E-state index >= 15 is 0 Å². The van der Waals surface area contributed by atoms with Crippen molar-refractivity contribution < 1.29 is 8.76 Å². The van der Waals surface area contributed by atoms with Crippen LogP contribution in [0.2, 0.25) is 0 Å². The third kappa shape index (κ3) is 3.14. The number of fused-ring (bicyclic) bond motifs is 1. The van der Waals surface area contributed by atoms with Gasteiger partial charge in [0, 0.05) is 30.7 Å². The quantitative estimate of drug-likeness (QED) is 0.713. The van der Waals surface area contributed by atoms with E-state index in [1.54, 1.807) is 19.3 Å². The molecular weight excluding hydrogens is 326 g/mol. The first-order valence-electron chi connectivity index (χ1n) is 7.39. The molecule has 24 heavy (non-hydrogen) atoms. The first kappa shape index (κ1) is 16.5. The molecule has 2 N–H and O–H groups in total. The van der Waals surface area contributed by atoms with Gasteiger partial charge in [0.25, 0.3) is 0 Å². The Morgan fingerprint density at radius 2 is 1.88 bits per heavy atom. The number of aromatic nitrogens is 2. The summed E-state index contributed by atoms with van der Waals surface area (Å²) in [5.74, 6) is 0. The molecular formula is C17H17N3O3S. The maximum atomic E-state index is 11.4. The highest BCUT2D eigenvalue weighted by Gasteiger charge is 2.16. The normalized spacial score (nSPS) is 14.0. The molecule has 3 rings (SSSR count). The number of rotatable bonds is 4. The van der Waals surface area contributed by atoms with Gasteiger partial charge in [-0.2, -0.15) is 4.31 Å². The van der Waals surface area contributed by atoms with E-state index in [0.717, 1.165) is 22.1 Å². The van der Waals surface area contributed by atoms with Crippen molar-refractivity contribution in [1.29, 1.82) is 0 Å². The Hall–Kier alpha value is -2.35. The number of pyridine rings is 2. The number of hydrogen-bond acceptors (Lipinski definition) is 3. The van der Waals surface area contributed by atoms with E-state index in [1.807, 2.05) is 37.3 Å². The number of benzene rings is 1. The average Bonchev–Trinajstić information content (AvgIpc) is 2.59. The fourth-order valence-corrected chi connectivity index (χ4v) is 2.99. The maximum Gasteiger partial charge on any atom is 0.249 e. The van der Waals surface area contributed by atoms with Crippen molar-refractivity contribution in [1.82, 2.24) is 14.3 Å². The molecule has 0 saturated heterocycles. The summed E-state index contributed by atoms with van der Waals surface area (Å²) in [7, 11) is 1.60. The van der Waals surface area contributed by atoms with Crippen LogP contribution in [0.5, 0.6) is 0 Å². The molecule has 0 aliphatic heterocycles. The van der Waals surface area contributed by atoms with E-state index in [0.29, 0.717) is 5.65 Å². The van der Waals surface area contributed by atoms with Crippen LogP contribution < -0.4 is 5.56 Å². The summed E-state index contributed by atoms with van der Waals surface area (Å²) in [5, 5.41) is 0.867. The molecule has 0 bridgehead atoms. The monoisotopic (exact) mass is 343 g/mol. The molecule has 2 aromatic heterocycles. The van der Waals surface area contributed by atoms with Crippen molar-refractivity contribution in [2.45, 2.75) is 13.0 Å². The van der Waals surface area contributed by atoms with Gasteiger partial charge in [-0.15, -0.1) is 0 Å². The zero-order valence-electron chi connectivity index (χ0n) is 13.3. The Morgan fingerprint density at radius 1 is 1.17 bits per heavy atom. The van der Waals surface area contributed by atoms with Crippen molar-refractivity contribution in [2.75, 3.05) is 7.05 Å². The van der Waals surface area contributed by atoms with Gasteiger partial charge in [-0.05, 0) is 35.7 Å². The fraction of sp³-hybridized carbons (Fsp3) is 0.176. The molecule has 0 saturated carbocycles. The van der Waals surface area contributed by atoms with Crippen LogP contribution in [-0.4, -0.2) is 30.1 Å². The minimum atomic E-state index is -2.01. The van der Waals surface area contributed by atoms with Crippen LogP contribution in [0.25, 0.3) is 22.2 Å². The van der Waals surface area contributed by atoms with Gasteiger partial charge in [0.05, 0.1) is 0 Å². The molecule has 6 nitrogen and oxygen atoms in total. The van der Waals surface area contributed by atoms with Crippen LogP contribution in [0.15, 0.2) is 53.5 Å². The molecule has 0 radical (unpaired) electrons. The SMILES string of the molecule is C[C@@H](c1ccc(-c2ccnc3[nH]c(=O)ccc23)cc1)N(C)S(=O)O. The Kier molecular flexibility index (Phi) is 4.57. The second-order valence-electron chi connectivity index (χ2n) is 5.52. The van der Waals surface area contributed by atoms with Crippen molar-refractivity contribution in [2.24, 2.45) is 0 Å². The largest absolute Gasteiger partial charge is 0.307 e. The van der Waals surface area contributed by atoms with Gasteiger partial charge in [0.15, 0.2) is 0 Å². The number of nitrogens with one attached hydrogen (secondary N) is 1. The zero-order chi connectivity index (χ0) is 17.3. The predicted octanol–water partition coefficient (Wildman–Crippen LogP) is 2.72. The molecule has 1 unspecified atom stereocenters. The van der Waals surface area contributed by atoms with Gasteiger partial charge in [0.1, 0.15) is 5.65 Å². The summed E-state index contributed by atoms with van der Waals surface area (Å²) in [5.41, 5.74) is 3.26. The third-order valence-electron chi connectivity index (χ3n) is 4.13. The Morgan fingerprint density at radius 3 is 2.54 bits per heavy atom.